The van der Waals surface area contributed by atoms with Gasteiger partial charge >= 0.3 is 0 Å². The van der Waals surface area contributed by atoms with Crippen LogP contribution in [-0.2, 0) is 14.6 Å². The highest BCUT2D eigenvalue weighted by molar-refractivity contribution is 7.90. The Morgan fingerprint density at radius 1 is 1.17 bits per heavy atom. The Bertz CT molecular complexity index is 791. The fourth-order valence-electron chi connectivity index (χ4n) is 2.12. The first-order chi connectivity index (χ1) is 11.3. The number of carbonyl (C=O) groups excluding carboxylic acids is 1. The van der Waals surface area contributed by atoms with Gasteiger partial charge in [0.1, 0.15) is 18.4 Å². The first-order valence-corrected chi connectivity index (χ1v) is 9.42. The molecule has 7 heteroatoms. The topological polar surface area (TPSA) is 98.5 Å². The minimum Gasteiger partial charge on any atom is -0.492 e. The Hall–Kier alpha value is -2.54. The van der Waals surface area contributed by atoms with Crippen molar-refractivity contribution in [3.8, 4) is 5.75 Å². The molecule has 0 aliphatic carbocycles. The zero-order valence-electron chi connectivity index (χ0n) is 13.3. The summed E-state index contributed by atoms with van der Waals surface area (Å²) in [4.78, 5) is 11.7. The molecule has 0 unspecified atom stereocenters. The maximum Gasteiger partial charge on any atom is 0.244 e. The molecule has 0 fully saturated rings. The molecule has 0 saturated carbocycles. The van der Waals surface area contributed by atoms with Crippen molar-refractivity contribution in [2.45, 2.75) is 6.04 Å². The molecule has 0 aliphatic rings. The van der Waals surface area contributed by atoms with Gasteiger partial charge in [0, 0.05) is 18.0 Å². The molecule has 0 bridgehead atoms. The average Bonchev–Trinajstić information content (AvgIpc) is 2.52. The van der Waals surface area contributed by atoms with Crippen LogP contribution in [0.25, 0.3) is 0 Å². The van der Waals surface area contributed by atoms with Crippen molar-refractivity contribution in [1.82, 2.24) is 0 Å². The van der Waals surface area contributed by atoms with Gasteiger partial charge in [-0.1, -0.05) is 36.4 Å². The van der Waals surface area contributed by atoms with E-state index in [2.05, 4.69) is 5.32 Å². The molecule has 0 saturated heterocycles. The van der Waals surface area contributed by atoms with Crippen LogP contribution < -0.4 is 15.8 Å². The van der Waals surface area contributed by atoms with Crippen molar-refractivity contribution >= 4 is 21.4 Å². The van der Waals surface area contributed by atoms with E-state index in [1.807, 2.05) is 30.3 Å². The molecule has 2 aromatic rings. The van der Waals surface area contributed by atoms with Crippen LogP contribution in [0.5, 0.6) is 5.75 Å². The fourth-order valence-corrected chi connectivity index (χ4v) is 2.50. The van der Waals surface area contributed by atoms with Crippen LogP contribution in [0.15, 0.2) is 54.6 Å². The minimum atomic E-state index is -3.07. The summed E-state index contributed by atoms with van der Waals surface area (Å²) in [6.45, 7) is 0.0697. The summed E-state index contributed by atoms with van der Waals surface area (Å²) in [5, 5.41) is 3.07. The van der Waals surface area contributed by atoms with Crippen molar-refractivity contribution in [3.05, 3.63) is 60.2 Å². The number of amides is 1. The highest BCUT2D eigenvalue weighted by Crippen LogP contribution is 2.23. The Labute approximate surface area is 141 Å². The van der Waals surface area contributed by atoms with Crippen LogP contribution in [0, 0.1) is 0 Å². The van der Waals surface area contributed by atoms with Crippen LogP contribution >= 0.6 is 0 Å². The normalized spacial score (nSPS) is 12.4. The highest BCUT2D eigenvalue weighted by atomic mass is 32.2. The first kappa shape index (κ1) is 17.8. The second-order valence-electron chi connectivity index (χ2n) is 5.40. The Morgan fingerprint density at radius 3 is 2.50 bits per heavy atom. The largest absolute Gasteiger partial charge is 0.492 e. The molecule has 0 aliphatic heterocycles. The standard InChI is InChI=1S/C17H20N2O4S/c1-24(21,22)11-10-23-15-9-5-8-14(12-15)19-16(17(18)20)13-6-3-2-4-7-13/h2-9,12,16,19H,10-11H2,1H3,(H2,18,20)/t16-/m1/s1. The van der Waals surface area contributed by atoms with Gasteiger partial charge in [0.15, 0.2) is 9.84 Å². The van der Waals surface area contributed by atoms with E-state index in [9.17, 15) is 13.2 Å². The third kappa shape index (κ3) is 5.58. The van der Waals surface area contributed by atoms with Crippen LogP contribution in [0.4, 0.5) is 5.69 Å². The lowest BCUT2D eigenvalue weighted by Crippen LogP contribution is -2.27. The summed E-state index contributed by atoms with van der Waals surface area (Å²) in [6, 6.07) is 15.4. The number of nitrogens with one attached hydrogen (secondary N) is 1. The lowest BCUT2D eigenvalue weighted by atomic mass is 10.1. The molecule has 2 aromatic carbocycles. The third-order valence-electron chi connectivity index (χ3n) is 3.29. The molecule has 1 atom stereocenters. The van der Waals surface area contributed by atoms with Gasteiger partial charge in [-0.25, -0.2) is 8.42 Å². The minimum absolute atomic E-state index is 0.0570. The molecule has 0 spiro atoms. The molecule has 2 rings (SSSR count). The molecular weight excluding hydrogens is 328 g/mol. The van der Waals surface area contributed by atoms with Crippen molar-refractivity contribution in [3.63, 3.8) is 0 Å². The maximum absolute atomic E-state index is 11.7. The number of ether oxygens (including phenoxy) is 1. The number of sulfone groups is 1. The van der Waals surface area contributed by atoms with Crippen LogP contribution in [-0.4, -0.2) is 32.9 Å². The van der Waals surface area contributed by atoms with Gasteiger partial charge in [-0.3, -0.25) is 4.79 Å². The SMILES string of the molecule is CS(=O)(=O)CCOc1cccc(N[C@@H](C(N)=O)c2ccccc2)c1. The fraction of sp³-hybridized carbons (Fsp3) is 0.235. The van der Waals surface area contributed by atoms with E-state index in [-0.39, 0.29) is 12.4 Å². The van der Waals surface area contributed by atoms with E-state index in [4.69, 9.17) is 10.5 Å². The lowest BCUT2D eigenvalue weighted by molar-refractivity contribution is -0.118. The summed E-state index contributed by atoms with van der Waals surface area (Å²) in [6.07, 6.45) is 1.16. The molecule has 3 N–H and O–H groups in total. The number of hydrogen-bond acceptors (Lipinski definition) is 5. The summed E-state index contributed by atoms with van der Waals surface area (Å²) in [7, 11) is -3.07. The van der Waals surface area contributed by atoms with Gasteiger partial charge in [0.25, 0.3) is 0 Å². The van der Waals surface area contributed by atoms with Crippen LogP contribution in [0.2, 0.25) is 0 Å². The van der Waals surface area contributed by atoms with Crippen molar-refractivity contribution in [2.75, 3.05) is 23.9 Å². The quantitative estimate of drug-likeness (QED) is 0.757. The second kappa shape index (κ2) is 7.83. The summed E-state index contributed by atoms with van der Waals surface area (Å²) >= 11 is 0. The molecule has 0 aromatic heterocycles. The van der Waals surface area contributed by atoms with Gasteiger partial charge < -0.3 is 15.8 Å². The van der Waals surface area contributed by atoms with E-state index in [1.54, 1.807) is 24.3 Å². The summed E-state index contributed by atoms with van der Waals surface area (Å²) < 4.78 is 27.7. The van der Waals surface area contributed by atoms with Gasteiger partial charge in [-0.15, -0.1) is 0 Å². The number of rotatable bonds is 8. The highest BCUT2D eigenvalue weighted by Gasteiger charge is 2.17. The second-order valence-corrected chi connectivity index (χ2v) is 7.66. The predicted molar refractivity (Wildman–Crippen MR) is 93.6 cm³/mol. The Balaban J connectivity index is 2.08. The molecule has 0 heterocycles. The van der Waals surface area contributed by atoms with Crippen molar-refractivity contribution in [1.29, 1.82) is 0 Å². The maximum atomic E-state index is 11.7. The van der Waals surface area contributed by atoms with E-state index >= 15 is 0 Å². The number of nitrogens with two attached hydrogens (primary N) is 1. The lowest BCUT2D eigenvalue weighted by Gasteiger charge is -2.17. The van der Waals surface area contributed by atoms with E-state index in [0.29, 0.717) is 11.4 Å². The number of benzene rings is 2. The van der Waals surface area contributed by atoms with E-state index < -0.39 is 21.8 Å². The van der Waals surface area contributed by atoms with Gasteiger partial charge in [-0.2, -0.15) is 0 Å². The smallest absolute Gasteiger partial charge is 0.244 e. The first-order valence-electron chi connectivity index (χ1n) is 7.36. The number of hydrogen-bond donors (Lipinski definition) is 2. The van der Waals surface area contributed by atoms with E-state index in [1.165, 1.54) is 0 Å². The van der Waals surface area contributed by atoms with E-state index in [0.717, 1.165) is 11.8 Å². The van der Waals surface area contributed by atoms with Crippen LogP contribution in [0.3, 0.4) is 0 Å². The van der Waals surface area contributed by atoms with Gasteiger partial charge in [0.05, 0.1) is 5.75 Å². The zero-order chi connectivity index (χ0) is 17.6. The molecule has 0 radical (unpaired) electrons. The predicted octanol–water partition coefficient (Wildman–Crippen LogP) is 1.75. The van der Waals surface area contributed by atoms with Gasteiger partial charge in [-0.05, 0) is 17.7 Å². The molecule has 6 nitrogen and oxygen atoms in total. The Kier molecular flexibility index (Phi) is 5.81. The van der Waals surface area contributed by atoms with Crippen molar-refractivity contribution in [2.24, 2.45) is 5.73 Å². The van der Waals surface area contributed by atoms with Crippen LogP contribution in [0.1, 0.15) is 11.6 Å². The number of carbonyl (C=O) groups is 1. The molecule has 128 valence electrons. The Morgan fingerprint density at radius 2 is 1.88 bits per heavy atom. The summed E-state index contributed by atoms with van der Waals surface area (Å²) in [5.74, 6) is -0.0389. The van der Waals surface area contributed by atoms with Crippen molar-refractivity contribution < 1.29 is 17.9 Å². The molecular formula is C17H20N2O4S. The molecule has 1 amide bonds. The third-order valence-corrected chi connectivity index (χ3v) is 4.19. The molecule has 24 heavy (non-hydrogen) atoms. The van der Waals surface area contributed by atoms with Gasteiger partial charge in [0.2, 0.25) is 5.91 Å². The number of primary amides is 1. The zero-order valence-corrected chi connectivity index (χ0v) is 14.1. The monoisotopic (exact) mass is 348 g/mol. The summed E-state index contributed by atoms with van der Waals surface area (Å²) in [5.41, 5.74) is 6.89. The number of anilines is 1. The average molecular weight is 348 g/mol.